The van der Waals surface area contributed by atoms with Crippen LogP contribution in [0.2, 0.25) is 0 Å². The van der Waals surface area contributed by atoms with Gasteiger partial charge >= 0.3 is 6.09 Å². The Labute approximate surface area is 209 Å². The molecule has 0 aliphatic carbocycles. The maximum atomic E-state index is 13.9. The lowest BCUT2D eigenvalue weighted by molar-refractivity contribution is -0.147. The van der Waals surface area contributed by atoms with Gasteiger partial charge in [-0.25, -0.2) is 4.79 Å². The van der Waals surface area contributed by atoms with Crippen LogP contribution in [-0.2, 0) is 14.3 Å². The number of nitrogens with one attached hydrogen (secondary N) is 2. The lowest BCUT2D eigenvalue weighted by Crippen LogP contribution is -2.58. The van der Waals surface area contributed by atoms with Crippen molar-refractivity contribution in [1.29, 1.82) is 0 Å². The molecule has 35 heavy (non-hydrogen) atoms. The molecule has 3 amide bonds. The summed E-state index contributed by atoms with van der Waals surface area (Å²) in [5.41, 5.74) is 0.887. The Hall–Kier alpha value is -3.35. The Morgan fingerprint density at radius 2 is 1.51 bits per heavy atom. The Bertz CT molecular complexity index is 1030. The number of amides is 3. The molecule has 0 aliphatic rings. The van der Waals surface area contributed by atoms with Gasteiger partial charge in [0, 0.05) is 11.2 Å². The Morgan fingerprint density at radius 3 is 2.06 bits per heavy atom. The zero-order valence-corrected chi connectivity index (χ0v) is 22.1. The van der Waals surface area contributed by atoms with E-state index in [2.05, 4.69) is 10.6 Å². The van der Waals surface area contributed by atoms with Gasteiger partial charge in [0.15, 0.2) is 0 Å². The van der Waals surface area contributed by atoms with E-state index in [9.17, 15) is 14.4 Å². The molecule has 2 aromatic carbocycles. The van der Waals surface area contributed by atoms with Crippen molar-refractivity contribution >= 4 is 23.6 Å². The van der Waals surface area contributed by atoms with Crippen LogP contribution in [0.25, 0.3) is 0 Å². The molecule has 7 heteroatoms. The van der Waals surface area contributed by atoms with E-state index in [-0.39, 0.29) is 11.8 Å². The normalized spacial score (nSPS) is 13.4. The van der Waals surface area contributed by atoms with E-state index in [1.807, 2.05) is 82.3 Å². The molecule has 0 fully saturated rings. The molecule has 190 valence electrons. The summed E-state index contributed by atoms with van der Waals surface area (Å²) >= 11 is 0. The molecular weight excluding hydrogens is 442 g/mol. The van der Waals surface area contributed by atoms with Crippen LogP contribution in [0.15, 0.2) is 54.6 Å². The summed E-state index contributed by atoms with van der Waals surface area (Å²) in [4.78, 5) is 41.6. The van der Waals surface area contributed by atoms with Gasteiger partial charge in [-0.3, -0.25) is 9.59 Å². The first-order valence-corrected chi connectivity index (χ1v) is 12.0. The number of nitrogens with zero attached hydrogens (tertiary/aromatic N) is 1. The van der Waals surface area contributed by atoms with Gasteiger partial charge in [-0.2, -0.15) is 0 Å². The standard InChI is InChI=1S/C28H39N3O4/c1-9-28(7,8)31(25(33)20(3)29-26(34)35-27(4,5)6)23(21-16-11-10-12-17-21)24(32)30-22-18-14-13-15-19(22)2/h10-18,20,23H,9H2,1-8H3,(H,29,34)(H,30,32). The molecule has 2 rings (SSSR count). The summed E-state index contributed by atoms with van der Waals surface area (Å²) in [6.07, 6.45) is -0.0907. The number of para-hydroxylation sites is 1. The van der Waals surface area contributed by atoms with Gasteiger partial charge in [0.25, 0.3) is 5.91 Å². The summed E-state index contributed by atoms with van der Waals surface area (Å²) in [6.45, 7) is 14.6. The van der Waals surface area contributed by atoms with Crippen LogP contribution in [0.1, 0.15) is 72.1 Å². The lowest BCUT2D eigenvalue weighted by atomic mass is 9.92. The quantitative estimate of drug-likeness (QED) is 0.513. The molecular formula is C28H39N3O4. The number of rotatable bonds is 8. The minimum absolute atomic E-state index is 0.329. The van der Waals surface area contributed by atoms with E-state index in [4.69, 9.17) is 4.74 Å². The lowest BCUT2D eigenvalue weighted by Gasteiger charge is -2.44. The van der Waals surface area contributed by atoms with Gasteiger partial charge in [0.05, 0.1) is 0 Å². The monoisotopic (exact) mass is 481 g/mol. The zero-order valence-electron chi connectivity index (χ0n) is 22.1. The fourth-order valence-electron chi connectivity index (χ4n) is 3.67. The fourth-order valence-corrected chi connectivity index (χ4v) is 3.67. The van der Waals surface area contributed by atoms with Crippen LogP contribution in [-0.4, -0.2) is 40.0 Å². The summed E-state index contributed by atoms with van der Waals surface area (Å²) in [5.74, 6) is -0.707. The summed E-state index contributed by atoms with van der Waals surface area (Å²) in [7, 11) is 0. The van der Waals surface area contributed by atoms with Crippen LogP contribution in [0, 0.1) is 6.92 Å². The molecule has 0 bridgehead atoms. The van der Waals surface area contributed by atoms with Gasteiger partial charge < -0.3 is 20.3 Å². The smallest absolute Gasteiger partial charge is 0.408 e. The van der Waals surface area contributed by atoms with Crippen LogP contribution in [0.3, 0.4) is 0 Å². The van der Waals surface area contributed by atoms with E-state index >= 15 is 0 Å². The van der Waals surface area contributed by atoms with E-state index in [0.29, 0.717) is 17.7 Å². The van der Waals surface area contributed by atoms with E-state index < -0.39 is 29.3 Å². The molecule has 0 radical (unpaired) electrons. The van der Waals surface area contributed by atoms with Crippen molar-refractivity contribution in [3.63, 3.8) is 0 Å². The van der Waals surface area contributed by atoms with Gasteiger partial charge in [-0.1, -0.05) is 55.5 Å². The maximum absolute atomic E-state index is 13.9. The van der Waals surface area contributed by atoms with Crippen molar-refractivity contribution in [2.24, 2.45) is 0 Å². The van der Waals surface area contributed by atoms with E-state index in [1.54, 1.807) is 32.6 Å². The summed E-state index contributed by atoms with van der Waals surface area (Å²) in [5, 5.41) is 5.64. The van der Waals surface area contributed by atoms with Gasteiger partial charge in [-0.05, 0) is 72.1 Å². The largest absolute Gasteiger partial charge is 0.444 e. The second-order valence-electron chi connectivity index (χ2n) is 10.4. The van der Waals surface area contributed by atoms with Crippen molar-refractivity contribution < 1.29 is 19.1 Å². The Morgan fingerprint density at radius 1 is 0.943 bits per heavy atom. The highest BCUT2D eigenvalue weighted by molar-refractivity contribution is 5.99. The molecule has 2 aromatic rings. The van der Waals surface area contributed by atoms with Crippen molar-refractivity contribution in [2.45, 2.75) is 85.0 Å². The number of ether oxygens (including phenoxy) is 1. The highest BCUT2D eigenvalue weighted by atomic mass is 16.6. The van der Waals surface area contributed by atoms with Gasteiger partial charge in [-0.15, -0.1) is 0 Å². The first-order valence-electron chi connectivity index (χ1n) is 12.0. The number of carbonyl (C=O) groups is 3. The first-order chi connectivity index (χ1) is 16.3. The average Bonchev–Trinajstić information content (AvgIpc) is 2.77. The van der Waals surface area contributed by atoms with Gasteiger partial charge in [0.1, 0.15) is 17.7 Å². The second kappa shape index (κ2) is 11.4. The predicted octanol–water partition coefficient (Wildman–Crippen LogP) is 5.61. The van der Waals surface area contributed by atoms with Crippen LogP contribution < -0.4 is 10.6 Å². The highest BCUT2D eigenvalue weighted by Gasteiger charge is 2.42. The van der Waals surface area contributed by atoms with Crippen molar-refractivity contribution in [1.82, 2.24) is 10.2 Å². The molecule has 0 aromatic heterocycles. The predicted molar refractivity (Wildman–Crippen MR) is 139 cm³/mol. The molecule has 0 heterocycles. The molecule has 0 saturated carbocycles. The third-order valence-electron chi connectivity index (χ3n) is 5.88. The van der Waals surface area contributed by atoms with Crippen LogP contribution in [0.5, 0.6) is 0 Å². The molecule has 0 saturated heterocycles. The number of benzene rings is 2. The van der Waals surface area contributed by atoms with Crippen molar-refractivity contribution in [3.8, 4) is 0 Å². The highest BCUT2D eigenvalue weighted by Crippen LogP contribution is 2.33. The third kappa shape index (κ3) is 7.57. The minimum Gasteiger partial charge on any atom is -0.444 e. The molecule has 7 nitrogen and oxygen atoms in total. The number of alkyl carbamates (subject to hydrolysis) is 1. The fraction of sp³-hybridized carbons (Fsp3) is 0.464. The number of hydrogen-bond acceptors (Lipinski definition) is 4. The molecule has 2 unspecified atom stereocenters. The van der Waals surface area contributed by atoms with Crippen molar-refractivity contribution in [2.75, 3.05) is 5.32 Å². The molecule has 0 spiro atoms. The number of carbonyl (C=O) groups excluding carboxylic acids is 3. The van der Waals surface area contributed by atoms with Crippen molar-refractivity contribution in [3.05, 3.63) is 65.7 Å². The Kier molecular flexibility index (Phi) is 9.07. The Balaban J connectivity index is 2.49. The molecule has 0 aliphatic heterocycles. The number of aryl methyl sites for hydroxylation is 1. The summed E-state index contributed by atoms with van der Waals surface area (Å²) in [6, 6.07) is 14.9. The minimum atomic E-state index is -0.916. The average molecular weight is 482 g/mol. The topological polar surface area (TPSA) is 87.7 Å². The number of anilines is 1. The summed E-state index contributed by atoms with van der Waals surface area (Å²) < 4.78 is 5.33. The molecule has 2 N–H and O–H groups in total. The first kappa shape index (κ1) is 27.9. The van der Waals surface area contributed by atoms with Gasteiger partial charge in [0.2, 0.25) is 5.91 Å². The van der Waals surface area contributed by atoms with E-state index in [0.717, 1.165) is 5.56 Å². The van der Waals surface area contributed by atoms with E-state index in [1.165, 1.54) is 0 Å². The number of hydrogen-bond donors (Lipinski definition) is 2. The zero-order chi connectivity index (χ0) is 26.4. The third-order valence-corrected chi connectivity index (χ3v) is 5.88. The molecule has 2 atom stereocenters. The SMILES string of the molecule is CCC(C)(C)N(C(=O)C(C)NC(=O)OC(C)(C)C)C(C(=O)Nc1ccccc1C)c1ccccc1. The maximum Gasteiger partial charge on any atom is 0.408 e. The second-order valence-corrected chi connectivity index (χ2v) is 10.4. The van der Waals surface area contributed by atoms with Crippen LogP contribution in [0.4, 0.5) is 10.5 Å². The van der Waals surface area contributed by atoms with Crippen LogP contribution >= 0.6 is 0 Å².